The Kier molecular flexibility index (Phi) is 6.88. The van der Waals surface area contributed by atoms with Gasteiger partial charge >= 0.3 is 0 Å². The van der Waals surface area contributed by atoms with Gasteiger partial charge in [-0.05, 0) is 19.4 Å². The fourth-order valence-corrected chi connectivity index (χ4v) is 4.55. The van der Waals surface area contributed by atoms with Crippen LogP contribution in [0, 0.1) is 0 Å². The van der Waals surface area contributed by atoms with Gasteiger partial charge in [-0.15, -0.1) is 23.1 Å². The number of thiophene rings is 1. The molecule has 0 fully saturated rings. The Balaban J connectivity index is 1.71. The molecule has 2 N–H and O–H groups in total. The number of hydrogen-bond acceptors (Lipinski definition) is 6. The summed E-state index contributed by atoms with van der Waals surface area (Å²) in [6.45, 7) is 4.21. The minimum Gasteiger partial charge on any atom is -0.383 e. The van der Waals surface area contributed by atoms with Crippen molar-refractivity contribution in [1.82, 2.24) is 15.3 Å². The van der Waals surface area contributed by atoms with Crippen LogP contribution in [0.4, 0.5) is 0 Å². The number of benzene rings is 1. The van der Waals surface area contributed by atoms with Gasteiger partial charge in [0.05, 0.1) is 23.0 Å². The highest BCUT2D eigenvalue weighted by Crippen LogP contribution is 2.30. The van der Waals surface area contributed by atoms with Crippen molar-refractivity contribution < 1.29 is 9.53 Å². The van der Waals surface area contributed by atoms with Crippen LogP contribution in [0.3, 0.4) is 0 Å². The predicted molar refractivity (Wildman–Crippen MR) is 116 cm³/mol. The molecule has 1 aromatic carbocycles. The van der Waals surface area contributed by atoms with E-state index in [1.54, 1.807) is 7.11 Å². The number of carbonyl (C=O) groups is 1. The van der Waals surface area contributed by atoms with Crippen LogP contribution in [0.5, 0.6) is 0 Å². The molecule has 2 heterocycles. The lowest BCUT2D eigenvalue weighted by Gasteiger charge is -2.16. The van der Waals surface area contributed by atoms with Crippen molar-refractivity contribution in [3.63, 3.8) is 0 Å². The van der Waals surface area contributed by atoms with Crippen molar-refractivity contribution in [2.45, 2.75) is 30.9 Å². The highest BCUT2D eigenvalue weighted by atomic mass is 32.2. The molecular weight excluding hydrogens is 394 g/mol. The average molecular weight is 418 g/mol. The molecule has 0 unspecified atom stereocenters. The van der Waals surface area contributed by atoms with E-state index >= 15 is 0 Å². The normalized spacial score (nSPS) is 13.4. The van der Waals surface area contributed by atoms with Gasteiger partial charge in [-0.25, -0.2) is 4.98 Å². The molecule has 148 valence electrons. The molecule has 2 aromatic heterocycles. The summed E-state index contributed by atoms with van der Waals surface area (Å²) in [5, 5.41) is 5.22. The van der Waals surface area contributed by atoms with Gasteiger partial charge in [-0.1, -0.05) is 30.3 Å². The molecule has 3 aromatic rings. The molecule has 0 aliphatic carbocycles. The number of aromatic amines is 1. The number of methoxy groups -OCH3 is 1. The monoisotopic (exact) mass is 417 g/mol. The van der Waals surface area contributed by atoms with Gasteiger partial charge in [-0.2, -0.15) is 0 Å². The number of aromatic nitrogens is 2. The Bertz CT molecular complexity index is 1000. The van der Waals surface area contributed by atoms with Crippen LogP contribution < -0.4 is 10.9 Å². The molecular formula is C20H23N3O3S2. The van der Waals surface area contributed by atoms with Crippen molar-refractivity contribution in [3.05, 3.63) is 51.9 Å². The van der Waals surface area contributed by atoms with Gasteiger partial charge in [0.1, 0.15) is 10.7 Å². The Morgan fingerprint density at radius 2 is 2.07 bits per heavy atom. The maximum Gasteiger partial charge on any atom is 0.260 e. The molecule has 28 heavy (non-hydrogen) atoms. The van der Waals surface area contributed by atoms with Gasteiger partial charge in [-0.3, -0.25) is 9.59 Å². The Hall–Kier alpha value is -2.16. The summed E-state index contributed by atoms with van der Waals surface area (Å²) in [5.74, 6) is 0.978. The zero-order valence-electron chi connectivity index (χ0n) is 16.0. The van der Waals surface area contributed by atoms with E-state index in [0.717, 1.165) is 11.1 Å². The van der Waals surface area contributed by atoms with E-state index in [4.69, 9.17) is 4.74 Å². The number of fused-ring (bicyclic) bond motifs is 1. The maximum atomic E-state index is 12.7. The Morgan fingerprint density at radius 1 is 1.32 bits per heavy atom. The van der Waals surface area contributed by atoms with Crippen molar-refractivity contribution in [2.75, 3.05) is 13.7 Å². The minimum absolute atomic E-state index is 0.0441. The number of H-pyrrole nitrogens is 1. The van der Waals surface area contributed by atoms with E-state index in [1.165, 1.54) is 23.1 Å². The standard InChI is InChI=1S/C20H23N3O3S2/c1-12(9-26-3)21-18(24)13(2)27-11-16-22-19(25)17-15(10-28-20(17)23-16)14-7-5-4-6-8-14/h4-8,10,12-13H,9,11H2,1-3H3,(H,21,24)(H,22,23,25)/t12-,13-/m0/s1. The number of hydrogen-bond donors (Lipinski definition) is 2. The number of amides is 1. The van der Waals surface area contributed by atoms with E-state index in [0.29, 0.717) is 28.4 Å². The van der Waals surface area contributed by atoms with Crippen molar-refractivity contribution in [1.29, 1.82) is 0 Å². The largest absolute Gasteiger partial charge is 0.383 e. The lowest BCUT2D eigenvalue weighted by atomic mass is 10.1. The molecule has 6 nitrogen and oxygen atoms in total. The van der Waals surface area contributed by atoms with Crippen LogP contribution in [0.25, 0.3) is 21.3 Å². The van der Waals surface area contributed by atoms with Crippen LogP contribution >= 0.6 is 23.1 Å². The number of carbonyl (C=O) groups excluding carboxylic acids is 1. The van der Waals surface area contributed by atoms with Gasteiger partial charge in [0, 0.05) is 24.1 Å². The first-order valence-electron chi connectivity index (χ1n) is 8.96. The second-order valence-electron chi connectivity index (χ2n) is 6.53. The van der Waals surface area contributed by atoms with Crippen molar-refractivity contribution >= 4 is 39.2 Å². The number of nitrogens with one attached hydrogen (secondary N) is 2. The van der Waals surface area contributed by atoms with Crippen LogP contribution in [0.1, 0.15) is 19.7 Å². The summed E-state index contributed by atoms with van der Waals surface area (Å²) in [5.41, 5.74) is 1.75. The van der Waals surface area contributed by atoms with Crippen LogP contribution in [0.2, 0.25) is 0 Å². The molecule has 2 atom stereocenters. The zero-order valence-corrected chi connectivity index (χ0v) is 17.7. The number of rotatable bonds is 8. The smallest absolute Gasteiger partial charge is 0.260 e. The van der Waals surface area contributed by atoms with E-state index in [-0.39, 0.29) is 22.8 Å². The molecule has 0 saturated carbocycles. The Morgan fingerprint density at radius 3 is 2.79 bits per heavy atom. The average Bonchev–Trinajstić information content (AvgIpc) is 3.11. The van der Waals surface area contributed by atoms with Crippen molar-refractivity contribution in [3.8, 4) is 11.1 Å². The molecule has 0 bridgehead atoms. The molecule has 0 aliphatic heterocycles. The van der Waals surface area contributed by atoms with Crippen LogP contribution in [-0.4, -0.2) is 40.9 Å². The molecule has 8 heteroatoms. The summed E-state index contributed by atoms with van der Waals surface area (Å²) in [7, 11) is 1.60. The first-order valence-corrected chi connectivity index (χ1v) is 10.9. The van der Waals surface area contributed by atoms with Gasteiger partial charge < -0.3 is 15.0 Å². The molecule has 0 aliphatic rings. The number of thioether (sulfide) groups is 1. The van der Waals surface area contributed by atoms with E-state index in [1.807, 2.05) is 49.6 Å². The molecule has 0 radical (unpaired) electrons. The lowest BCUT2D eigenvalue weighted by Crippen LogP contribution is -2.40. The lowest BCUT2D eigenvalue weighted by molar-refractivity contribution is -0.121. The second-order valence-corrected chi connectivity index (χ2v) is 8.71. The highest BCUT2D eigenvalue weighted by molar-refractivity contribution is 7.99. The van der Waals surface area contributed by atoms with E-state index in [9.17, 15) is 9.59 Å². The number of ether oxygens (including phenoxy) is 1. The summed E-state index contributed by atoms with van der Waals surface area (Å²) in [4.78, 5) is 33.0. The third kappa shape index (κ3) is 4.81. The third-order valence-corrected chi connectivity index (χ3v) is 6.25. The summed E-state index contributed by atoms with van der Waals surface area (Å²) >= 11 is 2.90. The predicted octanol–water partition coefficient (Wildman–Crippen LogP) is 3.42. The SMILES string of the molecule is COC[C@H](C)NC(=O)[C@H](C)SCc1nc2scc(-c3ccccc3)c2c(=O)[nH]1. The molecule has 3 rings (SSSR count). The van der Waals surface area contributed by atoms with Gasteiger partial charge in [0.2, 0.25) is 5.91 Å². The number of nitrogens with zero attached hydrogens (tertiary/aromatic N) is 1. The third-order valence-electron chi connectivity index (χ3n) is 4.22. The zero-order chi connectivity index (χ0) is 20.1. The second kappa shape index (κ2) is 9.36. The summed E-state index contributed by atoms with van der Waals surface area (Å²) in [6, 6.07) is 9.77. The minimum atomic E-state index is -0.261. The fourth-order valence-electron chi connectivity index (χ4n) is 2.82. The highest BCUT2D eigenvalue weighted by Gasteiger charge is 2.17. The topological polar surface area (TPSA) is 84.1 Å². The first-order chi connectivity index (χ1) is 13.5. The molecule has 0 spiro atoms. The summed E-state index contributed by atoms with van der Waals surface area (Å²) < 4.78 is 5.03. The van der Waals surface area contributed by atoms with Gasteiger partial charge in [0.25, 0.3) is 5.56 Å². The van der Waals surface area contributed by atoms with E-state index in [2.05, 4.69) is 15.3 Å². The van der Waals surface area contributed by atoms with Crippen LogP contribution in [0.15, 0.2) is 40.5 Å². The first kappa shape index (κ1) is 20.6. The molecule has 0 saturated heterocycles. The Labute approximate surface area is 171 Å². The fraction of sp³-hybridized carbons (Fsp3) is 0.350. The van der Waals surface area contributed by atoms with E-state index < -0.39 is 0 Å². The van der Waals surface area contributed by atoms with Crippen molar-refractivity contribution in [2.24, 2.45) is 0 Å². The van der Waals surface area contributed by atoms with Gasteiger partial charge in [0.15, 0.2) is 0 Å². The molecule has 1 amide bonds. The summed E-state index contributed by atoms with van der Waals surface area (Å²) in [6.07, 6.45) is 0. The quantitative estimate of drug-likeness (QED) is 0.587. The maximum absolute atomic E-state index is 12.7. The van der Waals surface area contributed by atoms with Crippen LogP contribution in [-0.2, 0) is 15.3 Å².